The molecular formula is C17H16ClF3N2O5. The lowest BCUT2D eigenvalue weighted by atomic mass is 10.1. The van der Waals surface area contributed by atoms with E-state index in [0.29, 0.717) is 28.9 Å². The molecule has 152 valence electrons. The molecule has 28 heavy (non-hydrogen) atoms. The minimum atomic E-state index is -4.81. The van der Waals surface area contributed by atoms with Crippen LogP contribution >= 0.6 is 11.6 Å². The van der Waals surface area contributed by atoms with Crippen LogP contribution < -0.4 is 19.5 Å². The molecule has 1 N–H and O–H groups in total. The molecule has 0 spiro atoms. The van der Waals surface area contributed by atoms with Crippen LogP contribution in [-0.2, 0) is 12.7 Å². The zero-order valence-electron chi connectivity index (χ0n) is 15.0. The van der Waals surface area contributed by atoms with Gasteiger partial charge in [0, 0.05) is 12.6 Å². The van der Waals surface area contributed by atoms with Gasteiger partial charge in [-0.05, 0) is 23.8 Å². The van der Waals surface area contributed by atoms with Crippen molar-refractivity contribution in [2.75, 3.05) is 26.6 Å². The van der Waals surface area contributed by atoms with E-state index < -0.39 is 27.4 Å². The van der Waals surface area contributed by atoms with E-state index in [9.17, 15) is 23.3 Å². The molecule has 0 fully saturated rings. The average molecular weight is 421 g/mol. The van der Waals surface area contributed by atoms with Gasteiger partial charge < -0.3 is 19.5 Å². The summed E-state index contributed by atoms with van der Waals surface area (Å²) < 4.78 is 54.5. The van der Waals surface area contributed by atoms with Gasteiger partial charge in [-0.25, -0.2) is 0 Å². The minimum absolute atomic E-state index is 0.0270. The van der Waals surface area contributed by atoms with Gasteiger partial charge in [0.05, 0.1) is 36.8 Å². The monoisotopic (exact) mass is 420 g/mol. The van der Waals surface area contributed by atoms with Crippen molar-refractivity contribution in [3.05, 3.63) is 50.5 Å². The highest BCUT2D eigenvalue weighted by Gasteiger charge is 2.36. The van der Waals surface area contributed by atoms with E-state index in [4.69, 9.17) is 25.8 Å². The summed E-state index contributed by atoms with van der Waals surface area (Å²) in [6.45, 7) is 0.0270. The van der Waals surface area contributed by atoms with Crippen LogP contribution in [0.15, 0.2) is 24.3 Å². The topological polar surface area (TPSA) is 82.9 Å². The molecule has 0 aliphatic heterocycles. The van der Waals surface area contributed by atoms with Crippen molar-refractivity contribution in [3.8, 4) is 17.2 Å². The lowest BCUT2D eigenvalue weighted by Crippen LogP contribution is -2.09. The quantitative estimate of drug-likeness (QED) is 0.506. The first-order valence-electron chi connectivity index (χ1n) is 7.70. The normalized spacial score (nSPS) is 11.1. The molecule has 0 heterocycles. The molecule has 11 heteroatoms. The highest BCUT2D eigenvalue weighted by molar-refractivity contribution is 6.31. The van der Waals surface area contributed by atoms with Gasteiger partial charge in [-0.2, -0.15) is 13.2 Å². The van der Waals surface area contributed by atoms with Crippen LogP contribution in [0.2, 0.25) is 5.02 Å². The number of hydrogen-bond acceptors (Lipinski definition) is 6. The lowest BCUT2D eigenvalue weighted by Gasteiger charge is -2.15. The van der Waals surface area contributed by atoms with Gasteiger partial charge in [0.2, 0.25) is 5.75 Å². The number of anilines is 1. The molecule has 2 aromatic rings. The fraction of sp³-hybridized carbons (Fsp3) is 0.294. The second kappa shape index (κ2) is 8.42. The first-order valence-corrected chi connectivity index (χ1v) is 8.08. The predicted molar refractivity (Wildman–Crippen MR) is 96.5 cm³/mol. The van der Waals surface area contributed by atoms with Crippen molar-refractivity contribution in [2.45, 2.75) is 12.7 Å². The molecule has 7 nitrogen and oxygen atoms in total. The third kappa shape index (κ3) is 4.50. The number of nitrogens with one attached hydrogen (secondary N) is 1. The zero-order chi connectivity index (χ0) is 21.1. The molecule has 0 aromatic heterocycles. The molecule has 0 unspecified atom stereocenters. The summed E-state index contributed by atoms with van der Waals surface area (Å²) in [5, 5.41) is 13.3. The molecule has 0 bridgehead atoms. The van der Waals surface area contributed by atoms with Crippen LogP contribution in [0.1, 0.15) is 11.1 Å². The fourth-order valence-electron chi connectivity index (χ4n) is 2.51. The van der Waals surface area contributed by atoms with E-state index in [1.807, 2.05) is 0 Å². The summed E-state index contributed by atoms with van der Waals surface area (Å²) in [5.74, 6) is 1.08. The lowest BCUT2D eigenvalue weighted by molar-refractivity contribution is -0.384. The molecular weight excluding hydrogens is 405 g/mol. The molecule has 2 aromatic carbocycles. The van der Waals surface area contributed by atoms with Gasteiger partial charge in [0.1, 0.15) is 5.69 Å². The number of alkyl halides is 3. The van der Waals surface area contributed by atoms with Gasteiger partial charge in [0.25, 0.3) is 5.69 Å². The van der Waals surface area contributed by atoms with Crippen LogP contribution in [0.4, 0.5) is 24.5 Å². The number of halogens is 4. The van der Waals surface area contributed by atoms with E-state index in [1.165, 1.54) is 21.3 Å². The molecule has 0 atom stereocenters. The minimum Gasteiger partial charge on any atom is -0.493 e. The third-order valence-electron chi connectivity index (χ3n) is 3.79. The Balaban J connectivity index is 2.39. The highest BCUT2D eigenvalue weighted by atomic mass is 35.5. The van der Waals surface area contributed by atoms with Crippen molar-refractivity contribution < 1.29 is 32.3 Å². The summed E-state index contributed by atoms with van der Waals surface area (Å²) in [7, 11) is 4.29. The Labute approximate surface area is 163 Å². The Morgan fingerprint density at radius 2 is 1.64 bits per heavy atom. The molecule has 0 aliphatic rings. The highest BCUT2D eigenvalue weighted by Crippen LogP contribution is 2.41. The molecule has 0 radical (unpaired) electrons. The number of rotatable bonds is 7. The predicted octanol–water partition coefficient (Wildman–Crippen LogP) is 4.90. The number of methoxy groups -OCH3 is 3. The Kier molecular flexibility index (Phi) is 6.45. The van der Waals surface area contributed by atoms with E-state index >= 15 is 0 Å². The summed E-state index contributed by atoms with van der Waals surface area (Å²) >= 11 is 5.67. The summed E-state index contributed by atoms with van der Waals surface area (Å²) in [5.41, 5.74) is -1.60. The Morgan fingerprint density at radius 3 is 2.07 bits per heavy atom. The summed E-state index contributed by atoms with van der Waals surface area (Å²) in [4.78, 5) is 10.3. The Bertz CT molecular complexity index is 865. The standard InChI is InChI=1S/C17H16ClF3N2O5/c1-26-14-4-9(5-15(27-2)16(14)28-3)8-22-12-7-11(18)10(17(19,20)21)6-13(12)23(24)25/h4-7,22H,8H2,1-3H3. The number of ether oxygens (including phenoxy) is 3. The number of benzene rings is 2. The molecule has 0 amide bonds. The van der Waals surface area contributed by atoms with Crippen LogP contribution in [0.3, 0.4) is 0 Å². The molecule has 0 saturated carbocycles. The van der Waals surface area contributed by atoms with Crippen molar-refractivity contribution in [1.29, 1.82) is 0 Å². The van der Waals surface area contributed by atoms with Crippen LogP contribution in [0.25, 0.3) is 0 Å². The zero-order valence-corrected chi connectivity index (χ0v) is 15.8. The van der Waals surface area contributed by atoms with Crippen LogP contribution in [-0.4, -0.2) is 26.3 Å². The van der Waals surface area contributed by atoms with E-state index in [0.717, 1.165) is 6.07 Å². The van der Waals surface area contributed by atoms with E-state index in [-0.39, 0.29) is 12.2 Å². The molecule has 0 aliphatic carbocycles. The molecule has 2 rings (SSSR count). The maximum atomic E-state index is 12.9. The van der Waals surface area contributed by atoms with Crippen molar-refractivity contribution in [2.24, 2.45) is 0 Å². The van der Waals surface area contributed by atoms with Crippen molar-refractivity contribution in [1.82, 2.24) is 0 Å². The first kappa shape index (κ1) is 21.4. The SMILES string of the molecule is COc1cc(CNc2cc(Cl)c(C(F)(F)F)cc2[N+](=O)[O-])cc(OC)c1OC. The largest absolute Gasteiger partial charge is 0.493 e. The summed E-state index contributed by atoms with van der Waals surface area (Å²) in [6, 6.07) is 4.48. The van der Waals surface area contributed by atoms with Crippen molar-refractivity contribution >= 4 is 23.0 Å². The maximum absolute atomic E-state index is 12.9. The van der Waals surface area contributed by atoms with Gasteiger partial charge in [-0.3, -0.25) is 10.1 Å². The van der Waals surface area contributed by atoms with Gasteiger partial charge >= 0.3 is 6.18 Å². The van der Waals surface area contributed by atoms with Gasteiger partial charge in [0.15, 0.2) is 11.5 Å². The second-order valence-corrected chi connectivity index (χ2v) is 5.90. The van der Waals surface area contributed by atoms with Gasteiger partial charge in [-0.15, -0.1) is 0 Å². The number of hydrogen-bond donors (Lipinski definition) is 1. The third-order valence-corrected chi connectivity index (χ3v) is 4.11. The Morgan fingerprint density at radius 1 is 1.07 bits per heavy atom. The second-order valence-electron chi connectivity index (χ2n) is 5.49. The first-order chi connectivity index (χ1) is 13.1. The molecule has 0 saturated heterocycles. The van der Waals surface area contributed by atoms with E-state index in [2.05, 4.69) is 5.32 Å². The van der Waals surface area contributed by atoms with Crippen LogP contribution in [0, 0.1) is 10.1 Å². The summed E-state index contributed by atoms with van der Waals surface area (Å²) in [6.07, 6.45) is -4.81. The number of nitro benzene ring substituents is 1. The van der Waals surface area contributed by atoms with Crippen LogP contribution in [0.5, 0.6) is 17.2 Å². The smallest absolute Gasteiger partial charge is 0.418 e. The average Bonchev–Trinajstić information content (AvgIpc) is 2.63. The van der Waals surface area contributed by atoms with Crippen molar-refractivity contribution in [3.63, 3.8) is 0 Å². The Hall–Kier alpha value is -2.88. The van der Waals surface area contributed by atoms with Gasteiger partial charge in [-0.1, -0.05) is 11.6 Å². The maximum Gasteiger partial charge on any atom is 0.418 e. The number of nitro groups is 1. The number of nitrogens with zero attached hydrogens (tertiary/aromatic N) is 1. The fourth-order valence-corrected chi connectivity index (χ4v) is 2.78. The van der Waals surface area contributed by atoms with E-state index in [1.54, 1.807) is 12.1 Å².